The summed E-state index contributed by atoms with van der Waals surface area (Å²) in [7, 11) is 0. The average molecular weight is 382 g/mol. The van der Waals surface area contributed by atoms with Crippen LogP contribution in [-0.2, 0) is 4.74 Å². The average Bonchev–Trinajstić information content (AvgIpc) is 3.52. The van der Waals surface area contributed by atoms with Crippen molar-refractivity contribution in [1.82, 2.24) is 20.2 Å². The van der Waals surface area contributed by atoms with Gasteiger partial charge in [-0.05, 0) is 25.0 Å². The van der Waals surface area contributed by atoms with E-state index < -0.39 is 0 Å². The van der Waals surface area contributed by atoms with E-state index >= 15 is 0 Å². The molecule has 28 heavy (non-hydrogen) atoms. The smallest absolute Gasteiger partial charge is 0.251 e. The Morgan fingerprint density at radius 2 is 1.93 bits per heavy atom. The van der Waals surface area contributed by atoms with Crippen molar-refractivity contribution < 1.29 is 9.53 Å². The normalized spacial score (nSPS) is 17.3. The number of nitrogens with zero attached hydrogens (tertiary/aromatic N) is 3. The second kappa shape index (κ2) is 8.53. The molecule has 2 fully saturated rings. The lowest BCUT2D eigenvalue weighted by molar-refractivity contribution is 0.0398. The van der Waals surface area contributed by atoms with Gasteiger partial charge in [0.25, 0.3) is 5.91 Å². The highest BCUT2D eigenvalue weighted by molar-refractivity contribution is 5.95. The van der Waals surface area contributed by atoms with E-state index in [0.717, 1.165) is 63.5 Å². The molecule has 8 heteroatoms. The Labute approximate surface area is 164 Å². The van der Waals surface area contributed by atoms with Gasteiger partial charge in [-0.1, -0.05) is 12.1 Å². The fraction of sp³-hybridized carbons (Fsp3) is 0.450. The molecule has 8 nitrogen and oxygen atoms in total. The number of aromatic nitrogens is 2. The van der Waals surface area contributed by atoms with Crippen LogP contribution < -0.4 is 16.4 Å². The molecule has 2 heterocycles. The number of nitrogens with two attached hydrogens (primary N) is 1. The second-order valence-electron chi connectivity index (χ2n) is 7.20. The van der Waals surface area contributed by atoms with Crippen molar-refractivity contribution in [3.05, 3.63) is 35.9 Å². The number of hydrogen-bond acceptors (Lipinski definition) is 7. The number of carbonyl (C=O) groups is 1. The predicted molar refractivity (Wildman–Crippen MR) is 108 cm³/mol. The molecule has 1 aromatic heterocycles. The van der Waals surface area contributed by atoms with Gasteiger partial charge in [0.2, 0.25) is 5.95 Å². The number of ether oxygens (including phenoxy) is 1. The van der Waals surface area contributed by atoms with Crippen LogP contribution >= 0.6 is 0 Å². The van der Waals surface area contributed by atoms with Crippen LogP contribution in [0.4, 0.5) is 11.8 Å². The fourth-order valence-corrected chi connectivity index (χ4v) is 3.16. The first-order valence-corrected chi connectivity index (χ1v) is 9.77. The summed E-state index contributed by atoms with van der Waals surface area (Å²) in [4.78, 5) is 23.1. The van der Waals surface area contributed by atoms with Crippen LogP contribution in [-0.4, -0.2) is 66.2 Å². The molecule has 0 bridgehead atoms. The van der Waals surface area contributed by atoms with Gasteiger partial charge in [0.1, 0.15) is 5.82 Å². The van der Waals surface area contributed by atoms with Crippen molar-refractivity contribution >= 4 is 17.7 Å². The van der Waals surface area contributed by atoms with E-state index in [2.05, 4.69) is 25.5 Å². The lowest BCUT2D eigenvalue weighted by Gasteiger charge is -2.26. The first kappa shape index (κ1) is 18.6. The van der Waals surface area contributed by atoms with Gasteiger partial charge in [0.05, 0.1) is 18.9 Å². The Kier molecular flexibility index (Phi) is 5.68. The minimum absolute atomic E-state index is 0.0262. The highest BCUT2D eigenvalue weighted by Crippen LogP contribution is 2.22. The Morgan fingerprint density at radius 3 is 2.64 bits per heavy atom. The van der Waals surface area contributed by atoms with Gasteiger partial charge in [-0.25, -0.2) is 4.98 Å². The van der Waals surface area contributed by atoms with E-state index in [1.54, 1.807) is 0 Å². The molecule has 4 rings (SSSR count). The van der Waals surface area contributed by atoms with Crippen LogP contribution in [0.2, 0.25) is 0 Å². The summed E-state index contributed by atoms with van der Waals surface area (Å²) in [5, 5.41) is 6.31. The molecule has 0 atom stereocenters. The molecular weight excluding hydrogens is 356 g/mol. The number of anilines is 2. The van der Waals surface area contributed by atoms with Crippen molar-refractivity contribution in [3.8, 4) is 11.3 Å². The van der Waals surface area contributed by atoms with Crippen LogP contribution in [0, 0.1) is 0 Å². The molecule has 2 aliphatic rings. The summed E-state index contributed by atoms with van der Waals surface area (Å²) >= 11 is 0. The van der Waals surface area contributed by atoms with E-state index in [9.17, 15) is 4.79 Å². The van der Waals surface area contributed by atoms with Crippen LogP contribution in [0.25, 0.3) is 11.3 Å². The molecule has 0 radical (unpaired) electrons. The van der Waals surface area contributed by atoms with E-state index in [1.807, 2.05) is 30.3 Å². The number of nitrogens with one attached hydrogen (secondary N) is 2. The van der Waals surface area contributed by atoms with Crippen molar-refractivity contribution in [1.29, 1.82) is 0 Å². The molecule has 0 spiro atoms. The largest absolute Gasteiger partial charge is 0.379 e. The molecule has 1 aliphatic heterocycles. The number of nitrogen functional groups attached to an aromatic ring is 1. The number of rotatable bonds is 7. The predicted octanol–water partition coefficient (Wildman–Crippen LogP) is 1.36. The molecule has 1 aromatic carbocycles. The zero-order chi connectivity index (χ0) is 19.3. The Morgan fingerprint density at radius 1 is 1.18 bits per heavy atom. The zero-order valence-corrected chi connectivity index (χ0v) is 15.9. The van der Waals surface area contributed by atoms with Crippen LogP contribution in [0.5, 0.6) is 0 Å². The Bertz CT molecular complexity index is 816. The molecule has 2 aromatic rings. The summed E-state index contributed by atoms with van der Waals surface area (Å²) < 4.78 is 5.37. The summed E-state index contributed by atoms with van der Waals surface area (Å²) in [6.45, 7) is 5.20. The highest BCUT2D eigenvalue weighted by atomic mass is 16.5. The molecule has 0 unspecified atom stereocenters. The fourth-order valence-electron chi connectivity index (χ4n) is 3.16. The van der Waals surface area contributed by atoms with Crippen molar-refractivity contribution in [3.63, 3.8) is 0 Å². The van der Waals surface area contributed by atoms with Gasteiger partial charge in [0.15, 0.2) is 0 Å². The topological polar surface area (TPSA) is 105 Å². The Hall–Kier alpha value is -2.71. The molecule has 1 saturated carbocycles. The van der Waals surface area contributed by atoms with Gasteiger partial charge in [-0.3, -0.25) is 9.69 Å². The zero-order valence-electron chi connectivity index (χ0n) is 15.9. The van der Waals surface area contributed by atoms with Gasteiger partial charge < -0.3 is 21.1 Å². The first-order valence-electron chi connectivity index (χ1n) is 9.77. The van der Waals surface area contributed by atoms with Gasteiger partial charge in [0, 0.05) is 49.4 Å². The molecular formula is C20H26N6O2. The molecule has 148 valence electrons. The number of amides is 1. The van der Waals surface area contributed by atoms with E-state index in [4.69, 9.17) is 10.5 Å². The molecule has 1 saturated heterocycles. The third kappa shape index (κ3) is 4.96. The van der Waals surface area contributed by atoms with Crippen LogP contribution in [0.1, 0.15) is 23.2 Å². The van der Waals surface area contributed by atoms with Crippen LogP contribution in [0.3, 0.4) is 0 Å². The SMILES string of the molecule is Nc1nc(NCCN2CCOCC2)cc(-c2ccc(C(=O)NC3CC3)cc2)n1. The van der Waals surface area contributed by atoms with Crippen LogP contribution in [0.15, 0.2) is 30.3 Å². The van der Waals surface area contributed by atoms with E-state index in [0.29, 0.717) is 17.4 Å². The maximum atomic E-state index is 12.1. The third-order valence-corrected chi connectivity index (χ3v) is 4.94. The number of benzene rings is 1. The van der Waals surface area contributed by atoms with E-state index in [-0.39, 0.29) is 11.9 Å². The summed E-state index contributed by atoms with van der Waals surface area (Å²) in [5.74, 6) is 0.898. The third-order valence-electron chi connectivity index (χ3n) is 4.94. The number of carbonyl (C=O) groups excluding carboxylic acids is 1. The lowest BCUT2D eigenvalue weighted by Crippen LogP contribution is -2.39. The number of hydrogen-bond donors (Lipinski definition) is 3. The van der Waals surface area contributed by atoms with E-state index in [1.165, 1.54) is 0 Å². The Balaban J connectivity index is 1.38. The number of morpholine rings is 1. The van der Waals surface area contributed by atoms with Gasteiger partial charge in [-0.2, -0.15) is 4.98 Å². The quantitative estimate of drug-likeness (QED) is 0.664. The second-order valence-corrected chi connectivity index (χ2v) is 7.20. The maximum absolute atomic E-state index is 12.1. The summed E-state index contributed by atoms with van der Waals surface area (Å²) in [6, 6.07) is 9.64. The summed E-state index contributed by atoms with van der Waals surface area (Å²) in [6.07, 6.45) is 2.15. The van der Waals surface area contributed by atoms with Crippen molar-refractivity contribution in [2.24, 2.45) is 0 Å². The standard InChI is InChI=1S/C20H26N6O2/c21-20-24-17(13-18(25-20)22-7-8-26-9-11-28-12-10-26)14-1-3-15(4-2-14)19(27)23-16-5-6-16/h1-4,13,16H,5-12H2,(H,23,27)(H3,21,22,24,25). The highest BCUT2D eigenvalue weighted by Gasteiger charge is 2.23. The monoisotopic (exact) mass is 382 g/mol. The first-order chi connectivity index (χ1) is 13.7. The minimum Gasteiger partial charge on any atom is -0.379 e. The van der Waals surface area contributed by atoms with Crippen molar-refractivity contribution in [2.75, 3.05) is 50.4 Å². The van der Waals surface area contributed by atoms with Gasteiger partial charge >= 0.3 is 0 Å². The van der Waals surface area contributed by atoms with Crippen molar-refractivity contribution in [2.45, 2.75) is 18.9 Å². The summed E-state index contributed by atoms with van der Waals surface area (Å²) in [5.41, 5.74) is 8.18. The molecule has 1 aliphatic carbocycles. The van der Waals surface area contributed by atoms with Gasteiger partial charge in [-0.15, -0.1) is 0 Å². The molecule has 1 amide bonds. The lowest BCUT2D eigenvalue weighted by atomic mass is 10.1. The molecule has 4 N–H and O–H groups in total. The minimum atomic E-state index is -0.0262. The maximum Gasteiger partial charge on any atom is 0.251 e.